The zero-order valence-electron chi connectivity index (χ0n) is 13.6. The van der Waals surface area contributed by atoms with Crippen LogP contribution in [0.15, 0.2) is 73.1 Å². The molecule has 3 heterocycles. The Hall–Kier alpha value is -2.56. The first-order chi connectivity index (χ1) is 11.8. The molecule has 1 aliphatic rings. The molecule has 2 unspecified atom stereocenters. The Balaban J connectivity index is 1.75. The zero-order valence-corrected chi connectivity index (χ0v) is 13.6. The van der Waals surface area contributed by atoms with Crippen LogP contribution in [0.5, 0.6) is 0 Å². The van der Waals surface area contributed by atoms with Crippen LogP contribution in [0, 0.1) is 0 Å². The Morgan fingerprint density at radius 2 is 1.79 bits per heavy atom. The number of hydrogen-bond acceptors (Lipinski definition) is 4. The monoisotopic (exact) mass is 316 g/mol. The molecule has 0 spiro atoms. The first kappa shape index (κ1) is 15.0. The van der Waals surface area contributed by atoms with Gasteiger partial charge >= 0.3 is 0 Å². The van der Waals surface area contributed by atoms with Gasteiger partial charge in [0, 0.05) is 29.9 Å². The summed E-state index contributed by atoms with van der Waals surface area (Å²) in [5.41, 5.74) is 11.0. The van der Waals surface area contributed by atoms with Gasteiger partial charge in [0.25, 0.3) is 0 Å². The summed E-state index contributed by atoms with van der Waals surface area (Å²) >= 11 is 0. The van der Waals surface area contributed by atoms with E-state index in [4.69, 9.17) is 0 Å². The maximum atomic E-state index is 4.55. The summed E-state index contributed by atoms with van der Waals surface area (Å²) in [6, 6.07) is 20.8. The molecule has 2 N–H and O–H groups in total. The van der Waals surface area contributed by atoms with Crippen molar-refractivity contribution in [3.8, 4) is 11.3 Å². The van der Waals surface area contributed by atoms with Gasteiger partial charge in [0.15, 0.2) is 0 Å². The molecular weight excluding hydrogens is 296 g/mol. The fourth-order valence-corrected chi connectivity index (χ4v) is 3.37. The first-order valence-electron chi connectivity index (χ1n) is 8.19. The van der Waals surface area contributed by atoms with Crippen molar-refractivity contribution in [2.75, 3.05) is 6.54 Å². The standard InChI is InChI=1S/C20H20N4/c1-20(14-23-24-19(20)17-9-5-6-11-21-17)16-10-12-22-18(13-16)15-7-3-2-4-8-15/h2-13,19,23-24H,14H2,1H3. The average molecular weight is 316 g/mol. The van der Waals surface area contributed by atoms with Gasteiger partial charge in [-0.3, -0.25) is 15.4 Å². The summed E-state index contributed by atoms with van der Waals surface area (Å²) in [5.74, 6) is 0. The molecule has 0 amide bonds. The molecule has 120 valence electrons. The number of rotatable bonds is 3. The molecule has 4 nitrogen and oxygen atoms in total. The Labute approximate surface area is 142 Å². The minimum absolute atomic E-state index is 0.0964. The quantitative estimate of drug-likeness (QED) is 0.779. The third kappa shape index (κ3) is 2.60. The largest absolute Gasteiger partial charge is 0.260 e. The molecular formula is C20H20N4. The summed E-state index contributed by atoms with van der Waals surface area (Å²) < 4.78 is 0. The van der Waals surface area contributed by atoms with Crippen molar-refractivity contribution < 1.29 is 0 Å². The van der Waals surface area contributed by atoms with Gasteiger partial charge < -0.3 is 0 Å². The van der Waals surface area contributed by atoms with E-state index in [0.29, 0.717) is 0 Å². The van der Waals surface area contributed by atoms with Gasteiger partial charge in [-0.05, 0) is 29.8 Å². The normalized spacial score (nSPS) is 23.3. The van der Waals surface area contributed by atoms with Crippen LogP contribution in [0.4, 0.5) is 0 Å². The Morgan fingerprint density at radius 1 is 0.958 bits per heavy atom. The van der Waals surface area contributed by atoms with Gasteiger partial charge in [0.1, 0.15) is 0 Å². The second-order valence-electron chi connectivity index (χ2n) is 6.40. The van der Waals surface area contributed by atoms with E-state index in [1.807, 2.05) is 42.7 Å². The number of benzene rings is 1. The summed E-state index contributed by atoms with van der Waals surface area (Å²) in [4.78, 5) is 9.10. The molecule has 24 heavy (non-hydrogen) atoms. The lowest BCUT2D eigenvalue weighted by Crippen LogP contribution is -2.32. The molecule has 2 aromatic heterocycles. The molecule has 0 radical (unpaired) electrons. The van der Waals surface area contributed by atoms with Crippen LogP contribution in [0.1, 0.15) is 24.2 Å². The van der Waals surface area contributed by atoms with Gasteiger partial charge in [0.05, 0.1) is 17.4 Å². The summed E-state index contributed by atoms with van der Waals surface area (Å²) in [7, 11) is 0. The van der Waals surface area contributed by atoms with Gasteiger partial charge in [0.2, 0.25) is 0 Å². The average Bonchev–Trinajstić information content (AvgIpc) is 3.06. The lowest BCUT2D eigenvalue weighted by Gasteiger charge is -2.30. The molecule has 3 aromatic rings. The van der Waals surface area contributed by atoms with E-state index < -0.39 is 0 Å². The predicted molar refractivity (Wildman–Crippen MR) is 95.1 cm³/mol. The molecule has 2 atom stereocenters. The molecule has 1 aromatic carbocycles. The smallest absolute Gasteiger partial charge is 0.0741 e. The summed E-state index contributed by atoms with van der Waals surface area (Å²) in [5, 5.41) is 0. The van der Waals surface area contributed by atoms with Crippen LogP contribution < -0.4 is 10.9 Å². The molecule has 1 aliphatic heterocycles. The van der Waals surface area contributed by atoms with Crippen molar-refractivity contribution in [3.05, 3.63) is 84.3 Å². The second-order valence-corrected chi connectivity index (χ2v) is 6.40. The SMILES string of the molecule is CC1(c2ccnc(-c3ccccc3)c2)CNNC1c1ccccn1. The number of nitrogens with zero attached hydrogens (tertiary/aromatic N) is 2. The van der Waals surface area contributed by atoms with Gasteiger partial charge in [-0.15, -0.1) is 0 Å². The molecule has 4 heteroatoms. The van der Waals surface area contributed by atoms with E-state index in [1.165, 1.54) is 5.56 Å². The Morgan fingerprint density at radius 3 is 2.58 bits per heavy atom. The van der Waals surface area contributed by atoms with Crippen LogP contribution in [0.2, 0.25) is 0 Å². The number of nitrogens with one attached hydrogen (secondary N) is 2. The molecule has 0 bridgehead atoms. The van der Waals surface area contributed by atoms with Crippen molar-refractivity contribution in [3.63, 3.8) is 0 Å². The van der Waals surface area contributed by atoms with Crippen molar-refractivity contribution in [1.29, 1.82) is 0 Å². The Kier molecular flexibility index (Phi) is 3.84. The van der Waals surface area contributed by atoms with E-state index in [-0.39, 0.29) is 11.5 Å². The topological polar surface area (TPSA) is 49.8 Å². The highest BCUT2D eigenvalue weighted by atomic mass is 15.4. The third-order valence-electron chi connectivity index (χ3n) is 4.81. The van der Waals surface area contributed by atoms with Crippen LogP contribution >= 0.6 is 0 Å². The Bertz CT molecular complexity index is 819. The van der Waals surface area contributed by atoms with E-state index in [0.717, 1.165) is 23.5 Å². The van der Waals surface area contributed by atoms with Gasteiger partial charge in [-0.2, -0.15) is 0 Å². The first-order valence-corrected chi connectivity index (χ1v) is 8.19. The molecule has 1 fully saturated rings. The fourth-order valence-electron chi connectivity index (χ4n) is 3.37. The van der Waals surface area contributed by atoms with E-state index >= 15 is 0 Å². The number of aromatic nitrogens is 2. The summed E-state index contributed by atoms with van der Waals surface area (Å²) in [6.07, 6.45) is 3.74. The van der Waals surface area contributed by atoms with E-state index in [9.17, 15) is 0 Å². The summed E-state index contributed by atoms with van der Waals surface area (Å²) in [6.45, 7) is 3.11. The molecule has 4 rings (SSSR count). The van der Waals surface area contributed by atoms with Crippen LogP contribution in [0.3, 0.4) is 0 Å². The third-order valence-corrected chi connectivity index (χ3v) is 4.81. The van der Waals surface area contributed by atoms with E-state index in [2.05, 4.69) is 58.1 Å². The lowest BCUT2D eigenvalue weighted by molar-refractivity contribution is 0.422. The maximum absolute atomic E-state index is 4.55. The number of hydrazine groups is 1. The number of pyridine rings is 2. The minimum Gasteiger partial charge on any atom is -0.260 e. The second kappa shape index (κ2) is 6.15. The van der Waals surface area contributed by atoms with Crippen LogP contribution in [0.25, 0.3) is 11.3 Å². The van der Waals surface area contributed by atoms with Crippen molar-refractivity contribution in [1.82, 2.24) is 20.8 Å². The van der Waals surface area contributed by atoms with E-state index in [1.54, 1.807) is 0 Å². The highest BCUT2D eigenvalue weighted by Gasteiger charge is 2.42. The van der Waals surface area contributed by atoms with Gasteiger partial charge in [-0.25, -0.2) is 5.43 Å². The molecule has 1 saturated heterocycles. The fraction of sp³-hybridized carbons (Fsp3) is 0.200. The van der Waals surface area contributed by atoms with Crippen molar-refractivity contribution >= 4 is 0 Å². The minimum atomic E-state index is -0.0964. The number of hydrogen-bond donors (Lipinski definition) is 2. The van der Waals surface area contributed by atoms with Crippen LogP contribution in [-0.4, -0.2) is 16.5 Å². The van der Waals surface area contributed by atoms with Gasteiger partial charge in [-0.1, -0.05) is 43.3 Å². The highest BCUT2D eigenvalue weighted by Crippen LogP contribution is 2.39. The van der Waals surface area contributed by atoms with Crippen molar-refractivity contribution in [2.45, 2.75) is 18.4 Å². The molecule has 0 saturated carbocycles. The predicted octanol–water partition coefficient (Wildman–Crippen LogP) is 3.25. The zero-order chi connectivity index (χ0) is 16.4. The molecule has 0 aliphatic carbocycles. The lowest BCUT2D eigenvalue weighted by atomic mass is 9.76. The maximum Gasteiger partial charge on any atom is 0.0741 e. The van der Waals surface area contributed by atoms with Crippen LogP contribution in [-0.2, 0) is 5.41 Å². The van der Waals surface area contributed by atoms with Crippen molar-refractivity contribution in [2.24, 2.45) is 0 Å². The highest BCUT2D eigenvalue weighted by molar-refractivity contribution is 5.60.